The molecule has 0 aliphatic rings. The molecule has 0 aliphatic carbocycles. The van der Waals surface area contributed by atoms with Gasteiger partial charge >= 0.3 is 0 Å². The van der Waals surface area contributed by atoms with Gasteiger partial charge in [-0.25, -0.2) is 8.91 Å². The van der Waals surface area contributed by atoms with Gasteiger partial charge in [-0.1, -0.05) is 42.5 Å². The quantitative estimate of drug-likeness (QED) is 0.357. The highest BCUT2D eigenvalue weighted by Gasteiger charge is 2.13. The van der Waals surface area contributed by atoms with Crippen LogP contribution in [0.2, 0.25) is 0 Å². The van der Waals surface area contributed by atoms with Crippen molar-refractivity contribution >= 4 is 23.1 Å². The van der Waals surface area contributed by atoms with E-state index in [9.17, 15) is 4.39 Å². The molecule has 0 unspecified atom stereocenters. The average molecular weight is 413 g/mol. The summed E-state index contributed by atoms with van der Waals surface area (Å²) in [5, 5.41) is 18.5. The van der Waals surface area contributed by atoms with Gasteiger partial charge in [0.1, 0.15) is 17.2 Å². The average Bonchev–Trinajstić information content (AvgIpc) is 3.44. The van der Waals surface area contributed by atoms with Crippen LogP contribution in [0.5, 0.6) is 0 Å². The lowest BCUT2D eigenvalue weighted by Crippen LogP contribution is -2.12. The van der Waals surface area contributed by atoms with Gasteiger partial charge in [0.25, 0.3) is 0 Å². The van der Waals surface area contributed by atoms with E-state index in [0.717, 1.165) is 28.2 Å². The molecule has 2 aromatic carbocycles. The Morgan fingerprint density at radius 1 is 1.00 bits per heavy atom. The van der Waals surface area contributed by atoms with Gasteiger partial charge < -0.3 is 10.6 Å². The van der Waals surface area contributed by atoms with Crippen LogP contribution in [0.15, 0.2) is 79.0 Å². The second-order valence-electron chi connectivity index (χ2n) is 7.20. The fourth-order valence-corrected chi connectivity index (χ4v) is 3.39. The van der Waals surface area contributed by atoms with Crippen molar-refractivity contribution in [2.45, 2.75) is 13.0 Å². The highest BCUT2D eigenvalue weighted by atomic mass is 19.1. The van der Waals surface area contributed by atoms with Crippen molar-refractivity contribution in [3.8, 4) is 11.3 Å². The molecule has 0 fully saturated rings. The molecule has 0 radical (unpaired) electrons. The van der Waals surface area contributed by atoms with Crippen LogP contribution in [0.4, 0.5) is 22.0 Å². The molecule has 0 saturated heterocycles. The molecule has 31 heavy (non-hydrogen) atoms. The minimum atomic E-state index is -0.262. The standard InChI is InChI=1S/C23H20FN7/c1-15(16-9-11-18(24)12-10-16)25-23-27-22(20-8-5-13-31(20)30-23)26-21-14-19(28-29-21)17-6-3-2-4-7-17/h2-15H,1H3,(H3,25,26,27,28,29,30)/t15-/m0/s1. The molecular formula is C23H20FN7. The largest absolute Gasteiger partial charge is 0.346 e. The van der Waals surface area contributed by atoms with Gasteiger partial charge in [-0.3, -0.25) is 5.10 Å². The molecule has 8 heteroatoms. The molecule has 7 nitrogen and oxygen atoms in total. The first kappa shape index (κ1) is 18.8. The van der Waals surface area contributed by atoms with E-state index in [1.807, 2.05) is 61.7 Å². The third-order valence-corrected chi connectivity index (χ3v) is 5.01. The minimum absolute atomic E-state index is 0.0988. The number of hydrogen-bond donors (Lipinski definition) is 3. The molecule has 3 aromatic heterocycles. The number of nitrogens with one attached hydrogen (secondary N) is 3. The van der Waals surface area contributed by atoms with Gasteiger partial charge in [-0.05, 0) is 36.8 Å². The van der Waals surface area contributed by atoms with Crippen molar-refractivity contribution in [2.75, 3.05) is 10.6 Å². The number of rotatable bonds is 6. The van der Waals surface area contributed by atoms with Crippen LogP contribution in [-0.2, 0) is 0 Å². The van der Waals surface area contributed by atoms with Crippen LogP contribution >= 0.6 is 0 Å². The van der Waals surface area contributed by atoms with Crippen molar-refractivity contribution in [1.29, 1.82) is 0 Å². The van der Waals surface area contributed by atoms with Crippen LogP contribution in [0, 0.1) is 5.82 Å². The topological polar surface area (TPSA) is 82.9 Å². The summed E-state index contributed by atoms with van der Waals surface area (Å²) in [5.74, 6) is 1.54. The van der Waals surface area contributed by atoms with Gasteiger partial charge in [0.15, 0.2) is 5.82 Å². The van der Waals surface area contributed by atoms with E-state index < -0.39 is 0 Å². The smallest absolute Gasteiger partial charge is 0.243 e. The molecule has 0 spiro atoms. The van der Waals surface area contributed by atoms with Gasteiger partial charge in [-0.2, -0.15) is 10.1 Å². The van der Waals surface area contributed by atoms with E-state index in [2.05, 4.69) is 30.9 Å². The molecule has 154 valence electrons. The van der Waals surface area contributed by atoms with E-state index >= 15 is 0 Å². The molecule has 0 saturated carbocycles. The Labute approximate surface area is 178 Å². The highest BCUT2D eigenvalue weighted by Crippen LogP contribution is 2.25. The van der Waals surface area contributed by atoms with Crippen molar-refractivity contribution in [2.24, 2.45) is 0 Å². The summed E-state index contributed by atoms with van der Waals surface area (Å²) in [6.45, 7) is 1.98. The van der Waals surface area contributed by atoms with Crippen LogP contribution in [0.3, 0.4) is 0 Å². The van der Waals surface area contributed by atoms with Crippen LogP contribution in [0.1, 0.15) is 18.5 Å². The second kappa shape index (κ2) is 7.91. The molecule has 0 aliphatic heterocycles. The Balaban J connectivity index is 1.42. The second-order valence-corrected chi connectivity index (χ2v) is 7.20. The third kappa shape index (κ3) is 3.95. The van der Waals surface area contributed by atoms with Gasteiger partial charge in [-0.15, -0.1) is 5.10 Å². The maximum Gasteiger partial charge on any atom is 0.243 e. The molecule has 1 atom stereocenters. The number of nitrogens with zero attached hydrogens (tertiary/aromatic N) is 4. The van der Waals surface area contributed by atoms with E-state index in [1.54, 1.807) is 16.6 Å². The monoisotopic (exact) mass is 413 g/mol. The van der Waals surface area contributed by atoms with Crippen molar-refractivity contribution in [3.05, 3.63) is 90.4 Å². The summed E-state index contributed by atoms with van der Waals surface area (Å²) in [6.07, 6.45) is 1.86. The van der Waals surface area contributed by atoms with E-state index in [4.69, 9.17) is 0 Å². The molecular weight excluding hydrogens is 393 g/mol. The maximum absolute atomic E-state index is 13.2. The minimum Gasteiger partial charge on any atom is -0.346 e. The predicted molar refractivity (Wildman–Crippen MR) is 119 cm³/mol. The Kier molecular flexibility index (Phi) is 4.80. The van der Waals surface area contributed by atoms with E-state index in [0.29, 0.717) is 11.8 Å². The number of anilines is 3. The summed E-state index contributed by atoms with van der Waals surface area (Å²) < 4.78 is 15.0. The first-order valence-electron chi connectivity index (χ1n) is 9.91. The van der Waals surface area contributed by atoms with E-state index in [1.165, 1.54) is 12.1 Å². The summed E-state index contributed by atoms with van der Waals surface area (Å²) >= 11 is 0. The zero-order valence-electron chi connectivity index (χ0n) is 16.7. The van der Waals surface area contributed by atoms with E-state index in [-0.39, 0.29) is 11.9 Å². The lowest BCUT2D eigenvalue weighted by atomic mass is 10.1. The van der Waals surface area contributed by atoms with Crippen molar-refractivity contribution in [3.63, 3.8) is 0 Å². The first-order valence-corrected chi connectivity index (χ1v) is 9.91. The zero-order chi connectivity index (χ0) is 21.2. The zero-order valence-corrected chi connectivity index (χ0v) is 16.7. The Bertz CT molecular complexity index is 1310. The molecule has 3 N–H and O–H groups in total. The third-order valence-electron chi connectivity index (χ3n) is 5.01. The SMILES string of the molecule is C[C@H](Nc1nc(Nc2cc(-c3ccccc3)n[nH]2)c2cccn2n1)c1ccc(F)cc1. The molecule has 0 bridgehead atoms. The first-order chi connectivity index (χ1) is 15.2. The van der Waals surface area contributed by atoms with Crippen molar-refractivity contribution < 1.29 is 4.39 Å². The van der Waals surface area contributed by atoms with Gasteiger partial charge in [0, 0.05) is 17.8 Å². The maximum atomic E-state index is 13.2. The van der Waals surface area contributed by atoms with Crippen LogP contribution in [-0.4, -0.2) is 24.8 Å². The summed E-state index contributed by atoms with van der Waals surface area (Å²) in [7, 11) is 0. The van der Waals surface area contributed by atoms with Gasteiger partial charge in [0.2, 0.25) is 5.95 Å². The normalized spacial score (nSPS) is 12.1. The van der Waals surface area contributed by atoms with Crippen molar-refractivity contribution in [1.82, 2.24) is 24.8 Å². The Morgan fingerprint density at radius 3 is 2.61 bits per heavy atom. The Hall–Kier alpha value is -4.20. The number of benzene rings is 2. The number of fused-ring (bicyclic) bond motifs is 1. The fourth-order valence-electron chi connectivity index (χ4n) is 3.39. The molecule has 5 rings (SSSR count). The number of halogens is 1. The number of aromatic nitrogens is 5. The Morgan fingerprint density at radius 2 is 1.81 bits per heavy atom. The highest BCUT2D eigenvalue weighted by molar-refractivity contribution is 5.74. The summed E-state index contributed by atoms with van der Waals surface area (Å²) in [4.78, 5) is 4.66. The van der Waals surface area contributed by atoms with Gasteiger partial charge in [0.05, 0.1) is 11.7 Å². The lowest BCUT2D eigenvalue weighted by Gasteiger charge is -2.15. The molecule has 3 heterocycles. The number of H-pyrrole nitrogens is 1. The lowest BCUT2D eigenvalue weighted by molar-refractivity contribution is 0.626. The summed E-state index contributed by atoms with van der Waals surface area (Å²) in [5.41, 5.74) is 3.63. The summed E-state index contributed by atoms with van der Waals surface area (Å²) in [6, 6.07) is 22.0. The molecule has 5 aromatic rings. The molecule has 0 amide bonds. The number of hydrogen-bond acceptors (Lipinski definition) is 5. The predicted octanol–water partition coefficient (Wildman–Crippen LogP) is 5.18. The van der Waals surface area contributed by atoms with Crippen LogP contribution < -0.4 is 10.6 Å². The fraction of sp³-hybridized carbons (Fsp3) is 0.0870. The number of aromatic amines is 1. The van der Waals surface area contributed by atoms with Crippen LogP contribution in [0.25, 0.3) is 16.8 Å².